The molecule has 0 radical (unpaired) electrons. The first kappa shape index (κ1) is 34.3. The van der Waals surface area contributed by atoms with Gasteiger partial charge in [-0.3, -0.25) is 0 Å². The third-order valence-electron chi connectivity index (χ3n) is 10.2. The van der Waals surface area contributed by atoms with E-state index in [9.17, 15) is 9.50 Å². The third-order valence-corrected chi connectivity index (χ3v) is 10.9. The van der Waals surface area contributed by atoms with Gasteiger partial charge in [-0.15, -0.1) is 0 Å². The Morgan fingerprint density at radius 2 is 1.39 bits per heavy atom. The summed E-state index contributed by atoms with van der Waals surface area (Å²) in [5.41, 5.74) is 15.1. The van der Waals surface area contributed by atoms with Crippen LogP contribution in [0, 0.1) is 5.82 Å². The number of rotatable bonds is 2. The molecule has 5 aliphatic heterocycles. The summed E-state index contributed by atoms with van der Waals surface area (Å²) < 4.78 is 44.0. The number of aromatic hydroxyl groups is 1. The lowest BCUT2D eigenvalue weighted by molar-refractivity contribution is 0.0852. The molecule has 10 rings (SSSR count). The topological polar surface area (TPSA) is 169 Å². The van der Waals surface area contributed by atoms with E-state index in [1.165, 1.54) is 12.1 Å². The van der Waals surface area contributed by atoms with Crippen molar-refractivity contribution in [2.75, 3.05) is 26.4 Å². The first-order valence-corrected chi connectivity index (χ1v) is 18.3. The molecular formula is C39H31BrClFN6O6. The second-order valence-electron chi connectivity index (χ2n) is 13.4. The minimum absolute atomic E-state index is 0.101. The van der Waals surface area contributed by atoms with Crippen LogP contribution in [0.15, 0.2) is 93.6 Å². The van der Waals surface area contributed by atoms with Crippen molar-refractivity contribution in [1.82, 2.24) is 9.97 Å². The van der Waals surface area contributed by atoms with Crippen LogP contribution in [0.4, 0.5) is 4.39 Å². The zero-order chi connectivity index (χ0) is 37.2. The third kappa shape index (κ3) is 5.76. The normalized spacial score (nSPS) is 21.8. The van der Waals surface area contributed by atoms with Gasteiger partial charge in [0.2, 0.25) is 11.8 Å². The van der Waals surface area contributed by atoms with Gasteiger partial charge in [0.1, 0.15) is 36.3 Å². The molecule has 3 aromatic carbocycles. The fourth-order valence-electron chi connectivity index (χ4n) is 7.58. The molecule has 0 bridgehead atoms. The molecule has 0 unspecified atom stereocenters. The van der Waals surface area contributed by atoms with Gasteiger partial charge in [0, 0.05) is 51.8 Å². The number of hydrogen-bond acceptors (Lipinski definition) is 12. The van der Waals surface area contributed by atoms with Gasteiger partial charge < -0.3 is 40.3 Å². The number of ether oxygens (including phenoxy) is 5. The molecule has 12 nitrogen and oxygen atoms in total. The van der Waals surface area contributed by atoms with Crippen molar-refractivity contribution < 1.29 is 33.2 Å². The molecule has 0 saturated carbocycles. The molecule has 0 aliphatic carbocycles. The molecule has 274 valence electrons. The molecule has 5 aromatic rings. The summed E-state index contributed by atoms with van der Waals surface area (Å²) >= 11 is 9.54. The van der Waals surface area contributed by atoms with Gasteiger partial charge in [-0.25, -0.2) is 24.3 Å². The maximum atomic E-state index is 14.6. The molecule has 5 aliphatic rings. The number of nitrogens with two attached hydrogens (primary N) is 2. The molecule has 2 aromatic heterocycles. The quantitative estimate of drug-likeness (QED) is 0.164. The molecule has 1 saturated heterocycles. The maximum Gasteiger partial charge on any atom is 0.283 e. The van der Waals surface area contributed by atoms with Crippen LogP contribution in [0.5, 0.6) is 29.0 Å². The molecular weight excluding hydrogens is 783 g/mol. The summed E-state index contributed by atoms with van der Waals surface area (Å²) in [5.74, 6) is 2.22. The van der Waals surface area contributed by atoms with Gasteiger partial charge >= 0.3 is 0 Å². The Kier molecular flexibility index (Phi) is 8.36. The van der Waals surface area contributed by atoms with Gasteiger partial charge in [-0.1, -0.05) is 17.7 Å². The number of nitrogens with zero attached hydrogens (tertiary/aromatic N) is 4. The zero-order valence-electron chi connectivity index (χ0n) is 28.4. The average molecular weight is 814 g/mol. The van der Waals surface area contributed by atoms with E-state index < -0.39 is 11.1 Å². The number of amidine groups is 2. The summed E-state index contributed by atoms with van der Waals surface area (Å²) in [7, 11) is 0. The lowest BCUT2D eigenvalue weighted by Gasteiger charge is -2.34. The van der Waals surface area contributed by atoms with E-state index in [0.29, 0.717) is 50.9 Å². The van der Waals surface area contributed by atoms with Crippen molar-refractivity contribution in [2.24, 2.45) is 21.5 Å². The largest absolute Gasteiger partial charge is 0.508 e. The van der Waals surface area contributed by atoms with E-state index in [1.54, 1.807) is 42.6 Å². The van der Waals surface area contributed by atoms with Crippen molar-refractivity contribution in [3.63, 3.8) is 0 Å². The number of fused-ring (bicyclic) bond motifs is 8. The van der Waals surface area contributed by atoms with Crippen LogP contribution in [0.3, 0.4) is 0 Å². The Morgan fingerprint density at radius 1 is 0.759 bits per heavy atom. The number of pyridine rings is 2. The van der Waals surface area contributed by atoms with Crippen molar-refractivity contribution in [3.8, 4) is 40.1 Å². The van der Waals surface area contributed by atoms with Gasteiger partial charge in [0.25, 0.3) is 12.0 Å². The zero-order valence-corrected chi connectivity index (χ0v) is 30.7. The molecule has 15 heteroatoms. The highest BCUT2D eigenvalue weighted by atomic mass is 79.9. The highest BCUT2D eigenvalue weighted by Gasteiger charge is 2.49. The first-order chi connectivity index (χ1) is 26.1. The summed E-state index contributed by atoms with van der Waals surface area (Å²) in [5, 5.41) is 10.3. The number of phenolic OH excluding ortho intramolecular Hbond substituents is 1. The van der Waals surface area contributed by atoms with Gasteiger partial charge in [0.15, 0.2) is 11.1 Å². The fraction of sp³-hybridized carbons (Fsp3) is 0.231. The van der Waals surface area contributed by atoms with E-state index in [4.69, 9.17) is 51.7 Å². The van der Waals surface area contributed by atoms with Crippen LogP contribution in [0.25, 0.3) is 11.1 Å². The summed E-state index contributed by atoms with van der Waals surface area (Å²) in [4.78, 5) is 18.1. The Labute approximate surface area is 321 Å². The summed E-state index contributed by atoms with van der Waals surface area (Å²) in [6.07, 6.45) is 5.39. The Bertz CT molecular complexity index is 2360. The monoisotopic (exact) mass is 812 g/mol. The minimum Gasteiger partial charge on any atom is -0.508 e. The molecule has 54 heavy (non-hydrogen) atoms. The van der Waals surface area contributed by atoms with Gasteiger partial charge in [-0.05, 0) is 106 Å². The SMILES string of the molecule is NC1=N[C@@]2(CO1)c1cc(-c3cc(Cl)ccc3F)ccc1Oc1ncc(C3CCOCC3)cc12.NC1=N[C@@]2(CO1)c1cc(O)ccc1Oc1ncc(Br)cc12. The number of aromatic nitrogens is 2. The van der Waals surface area contributed by atoms with E-state index in [-0.39, 0.29) is 36.8 Å². The van der Waals surface area contributed by atoms with Crippen LogP contribution in [0.2, 0.25) is 5.02 Å². The highest BCUT2D eigenvalue weighted by Crippen LogP contribution is 2.53. The predicted molar refractivity (Wildman–Crippen MR) is 201 cm³/mol. The molecule has 2 spiro atoms. The van der Waals surface area contributed by atoms with Crippen LogP contribution in [0.1, 0.15) is 46.6 Å². The van der Waals surface area contributed by atoms with Crippen molar-refractivity contribution >= 4 is 39.6 Å². The Hall–Kier alpha value is -5.44. The van der Waals surface area contributed by atoms with Gasteiger partial charge in [-0.2, -0.15) is 0 Å². The minimum atomic E-state index is -0.924. The van der Waals surface area contributed by atoms with Gasteiger partial charge in [0.05, 0.1) is 11.1 Å². The standard InChI is InChI=1S/C25H21ClFN3O3.C14H10BrN3O3/c26-17-2-3-21(27)18(11-17)15-1-4-22-19(9-15)25(13-32-24(28)30-25)20-10-16(12-29-23(20)33-22)14-5-7-31-8-6-14;15-7-3-10-12(17-5-7)21-11-2-1-8(19)4-9(11)14(10)6-20-13(16)18-14/h1-4,9-12,14H,5-8,13H2,(H2,28,30);1-5,19H,6H2,(H2,16,18)/t25-;14-/m00/s1. The molecule has 1 fully saturated rings. The van der Waals surface area contributed by atoms with E-state index >= 15 is 0 Å². The van der Waals surface area contributed by atoms with Crippen molar-refractivity contribution in [3.05, 3.63) is 122 Å². The van der Waals surface area contributed by atoms with Crippen LogP contribution < -0.4 is 20.9 Å². The van der Waals surface area contributed by atoms with Crippen LogP contribution in [-0.4, -0.2) is 53.5 Å². The first-order valence-electron chi connectivity index (χ1n) is 17.1. The lowest BCUT2D eigenvalue weighted by atomic mass is 9.79. The second-order valence-corrected chi connectivity index (χ2v) is 14.8. The number of hydrogen-bond donors (Lipinski definition) is 3. The smallest absolute Gasteiger partial charge is 0.283 e. The maximum absolute atomic E-state index is 14.6. The van der Waals surface area contributed by atoms with E-state index in [2.05, 4.69) is 37.0 Å². The Morgan fingerprint density at radius 3 is 2.06 bits per heavy atom. The summed E-state index contributed by atoms with van der Waals surface area (Å²) in [6.45, 7) is 1.91. The van der Waals surface area contributed by atoms with Crippen LogP contribution in [-0.2, 0) is 25.3 Å². The van der Waals surface area contributed by atoms with E-state index in [0.717, 1.165) is 52.8 Å². The van der Waals surface area contributed by atoms with Crippen molar-refractivity contribution in [1.29, 1.82) is 0 Å². The number of aliphatic imine (C=N–C) groups is 2. The molecule has 5 N–H and O–H groups in total. The van der Waals surface area contributed by atoms with E-state index in [1.807, 2.05) is 18.3 Å². The predicted octanol–water partition coefficient (Wildman–Crippen LogP) is 7.37. The fourth-order valence-corrected chi connectivity index (χ4v) is 8.08. The molecule has 7 heterocycles. The van der Waals surface area contributed by atoms with Crippen molar-refractivity contribution in [2.45, 2.75) is 29.8 Å². The number of halogens is 3. The lowest BCUT2D eigenvalue weighted by Crippen LogP contribution is -2.32. The average Bonchev–Trinajstić information content (AvgIpc) is 3.77. The second kappa shape index (κ2) is 13.1. The molecule has 2 atom stereocenters. The Balaban J connectivity index is 0.000000157. The molecule has 0 amide bonds. The van der Waals surface area contributed by atoms with Crippen LogP contribution >= 0.6 is 27.5 Å². The highest BCUT2D eigenvalue weighted by molar-refractivity contribution is 9.10. The number of phenols is 1. The number of benzene rings is 3. The summed E-state index contributed by atoms with van der Waals surface area (Å²) in [6, 6.07) is 19.0.